The van der Waals surface area contributed by atoms with Gasteiger partial charge in [0.05, 0.1) is 0 Å². The average Bonchev–Trinajstić information content (AvgIpc) is 2.96. The van der Waals surface area contributed by atoms with E-state index in [2.05, 4.69) is 11.8 Å². The molecule has 5 heteroatoms. The first-order chi connectivity index (χ1) is 12.0. The molecule has 1 amide bonds. The maximum absolute atomic E-state index is 13.2. The Morgan fingerprint density at radius 3 is 2.35 bits per heavy atom. The standard InChI is InChI=1S/C21H29FN2O.ClH/c1-13-9-18(14-5-7-19(22)8-6-14)12-24(13)21(25)17-10-15-3-2-4-16(11-17)20(15)23;/h5-8,13,15-18,20H,2-4,9-12,23H2,1H3;1H. The van der Waals surface area contributed by atoms with Crippen molar-refractivity contribution in [3.8, 4) is 0 Å². The van der Waals surface area contributed by atoms with Gasteiger partial charge in [0.15, 0.2) is 0 Å². The number of nitrogens with zero attached hydrogens (tertiary/aromatic N) is 1. The van der Waals surface area contributed by atoms with Gasteiger partial charge in [-0.05, 0) is 68.6 Å². The normalized spacial score (nSPS) is 36.5. The molecule has 2 saturated carbocycles. The Balaban J connectivity index is 0.00000196. The highest BCUT2D eigenvalue weighted by atomic mass is 35.5. The second-order valence-electron chi connectivity index (χ2n) is 8.52. The van der Waals surface area contributed by atoms with E-state index in [9.17, 15) is 9.18 Å². The Morgan fingerprint density at radius 1 is 1.12 bits per heavy atom. The van der Waals surface area contributed by atoms with Gasteiger partial charge in [-0.1, -0.05) is 18.6 Å². The summed E-state index contributed by atoms with van der Waals surface area (Å²) in [7, 11) is 0. The van der Waals surface area contributed by atoms with Crippen molar-refractivity contribution < 1.29 is 9.18 Å². The fourth-order valence-electron chi connectivity index (χ4n) is 5.54. The lowest BCUT2D eigenvalue weighted by molar-refractivity contribution is -0.139. The van der Waals surface area contributed by atoms with Crippen LogP contribution in [0.25, 0.3) is 0 Å². The predicted molar refractivity (Wildman–Crippen MR) is 104 cm³/mol. The van der Waals surface area contributed by atoms with Gasteiger partial charge in [0.25, 0.3) is 0 Å². The van der Waals surface area contributed by atoms with Crippen LogP contribution < -0.4 is 5.73 Å². The molecule has 2 N–H and O–H groups in total. The molecule has 1 aliphatic heterocycles. The van der Waals surface area contributed by atoms with Crippen molar-refractivity contribution in [2.24, 2.45) is 23.5 Å². The highest BCUT2D eigenvalue weighted by molar-refractivity contribution is 5.85. The van der Waals surface area contributed by atoms with E-state index in [0.717, 1.165) is 31.4 Å². The molecule has 0 radical (unpaired) electrons. The highest BCUT2D eigenvalue weighted by Gasteiger charge is 2.43. The zero-order valence-electron chi connectivity index (χ0n) is 15.4. The first-order valence-electron chi connectivity index (χ1n) is 9.84. The van der Waals surface area contributed by atoms with Crippen molar-refractivity contribution in [1.29, 1.82) is 0 Å². The van der Waals surface area contributed by atoms with E-state index < -0.39 is 0 Å². The van der Waals surface area contributed by atoms with Gasteiger partial charge in [0.2, 0.25) is 5.91 Å². The Kier molecular flexibility index (Phi) is 5.93. The molecule has 0 spiro atoms. The average molecular weight is 381 g/mol. The molecular weight excluding hydrogens is 351 g/mol. The molecule has 1 saturated heterocycles. The van der Waals surface area contributed by atoms with Crippen LogP contribution in [0.4, 0.5) is 4.39 Å². The largest absolute Gasteiger partial charge is 0.339 e. The number of benzene rings is 1. The van der Waals surface area contributed by atoms with Gasteiger partial charge in [-0.2, -0.15) is 0 Å². The third-order valence-corrected chi connectivity index (χ3v) is 6.96. The second kappa shape index (κ2) is 7.85. The minimum Gasteiger partial charge on any atom is -0.339 e. The molecule has 3 fully saturated rings. The summed E-state index contributed by atoms with van der Waals surface area (Å²) in [6, 6.07) is 7.34. The van der Waals surface area contributed by atoms with E-state index in [1.54, 1.807) is 0 Å². The molecule has 26 heavy (non-hydrogen) atoms. The van der Waals surface area contributed by atoms with Crippen LogP contribution in [-0.2, 0) is 4.79 Å². The summed E-state index contributed by atoms with van der Waals surface area (Å²) in [6.45, 7) is 2.92. The molecule has 144 valence electrons. The van der Waals surface area contributed by atoms with Gasteiger partial charge in [0, 0.05) is 30.5 Å². The van der Waals surface area contributed by atoms with Crippen LogP contribution in [0, 0.1) is 23.6 Å². The van der Waals surface area contributed by atoms with Gasteiger partial charge >= 0.3 is 0 Å². The van der Waals surface area contributed by atoms with Gasteiger partial charge in [-0.3, -0.25) is 4.79 Å². The van der Waals surface area contributed by atoms with E-state index in [0.29, 0.717) is 29.7 Å². The molecule has 2 aliphatic carbocycles. The molecule has 1 aromatic rings. The first kappa shape index (κ1) is 19.6. The molecular formula is C21H30ClFN2O. The Hall–Kier alpha value is -1.13. The second-order valence-corrected chi connectivity index (χ2v) is 8.52. The Bertz CT molecular complexity index is 623. The summed E-state index contributed by atoms with van der Waals surface area (Å²) < 4.78 is 13.2. The van der Waals surface area contributed by atoms with Crippen LogP contribution in [0.2, 0.25) is 0 Å². The fraction of sp³-hybridized carbons (Fsp3) is 0.667. The number of halogens is 2. The minimum absolute atomic E-state index is 0. The summed E-state index contributed by atoms with van der Waals surface area (Å²) in [6.07, 6.45) is 6.57. The van der Waals surface area contributed by atoms with Crippen molar-refractivity contribution >= 4 is 18.3 Å². The van der Waals surface area contributed by atoms with Crippen LogP contribution in [0.15, 0.2) is 24.3 Å². The molecule has 4 unspecified atom stereocenters. The SMILES string of the molecule is CC1CC(c2ccc(F)cc2)CN1C(=O)C1CC2CCCC(C1)C2N.Cl. The lowest BCUT2D eigenvalue weighted by Gasteiger charge is -2.44. The number of likely N-dealkylation sites (tertiary alicyclic amines) is 1. The number of hydrogen-bond acceptors (Lipinski definition) is 2. The third kappa shape index (κ3) is 3.63. The zero-order chi connectivity index (χ0) is 17.6. The molecule has 0 aromatic heterocycles. The molecule has 4 atom stereocenters. The van der Waals surface area contributed by atoms with Gasteiger partial charge in [0.1, 0.15) is 5.82 Å². The summed E-state index contributed by atoms with van der Waals surface area (Å²) in [5.74, 6) is 1.68. The first-order valence-corrected chi connectivity index (χ1v) is 9.84. The lowest BCUT2D eigenvalue weighted by atomic mass is 9.65. The number of fused-ring (bicyclic) bond motifs is 2. The van der Waals surface area contributed by atoms with Crippen molar-refractivity contribution in [2.75, 3.05) is 6.54 Å². The molecule has 2 bridgehead atoms. The number of amides is 1. The van der Waals surface area contributed by atoms with Crippen LogP contribution in [0.3, 0.4) is 0 Å². The maximum atomic E-state index is 13.2. The summed E-state index contributed by atoms with van der Waals surface area (Å²) in [5, 5.41) is 0. The number of carbonyl (C=O) groups is 1. The maximum Gasteiger partial charge on any atom is 0.225 e. The third-order valence-electron chi connectivity index (χ3n) is 6.96. The number of nitrogens with two attached hydrogens (primary N) is 1. The van der Waals surface area contributed by atoms with Crippen molar-refractivity contribution in [3.63, 3.8) is 0 Å². The summed E-state index contributed by atoms with van der Waals surface area (Å²) in [5.41, 5.74) is 7.53. The smallest absolute Gasteiger partial charge is 0.225 e. The topological polar surface area (TPSA) is 46.3 Å². The van der Waals surface area contributed by atoms with Crippen LogP contribution in [0.5, 0.6) is 0 Å². The number of rotatable bonds is 2. The zero-order valence-corrected chi connectivity index (χ0v) is 16.3. The molecule has 3 aliphatic rings. The fourth-order valence-corrected chi connectivity index (χ4v) is 5.54. The molecule has 3 nitrogen and oxygen atoms in total. The summed E-state index contributed by atoms with van der Waals surface area (Å²) >= 11 is 0. The van der Waals surface area contributed by atoms with Gasteiger partial charge in [-0.25, -0.2) is 4.39 Å². The Labute approximate surface area is 161 Å². The van der Waals surface area contributed by atoms with Gasteiger partial charge in [-0.15, -0.1) is 12.4 Å². The molecule has 4 rings (SSSR count). The van der Waals surface area contributed by atoms with E-state index in [1.165, 1.54) is 31.4 Å². The quantitative estimate of drug-likeness (QED) is 0.839. The minimum atomic E-state index is -0.201. The van der Waals surface area contributed by atoms with Gasteiger partial charge < -0.3 is 10.6 Å². The summed E-state index contributed by atoms with van der Waals surface area (Å²) in [4.78, 5) is 15.3. The number of carbonyl (C=O) groups excluding carboxylic acids is 1. The molecule has 1 aromatic carbocycles. The van der Waals surface area contributed by atoms with Crippen molar-refractivity contribution in [3.05, 3.63) is 35.6 Å². The van der Waals surface area contributed by atoms with Crippen LogP contribution in [-0.4, -0.2) is 29.4 Å². The van der Waals surface area contributed by atoms with Crippen LogP contribution in [0.1, 0.15) is 56.9 Å². The highest BCUT2D eigenvalue weighted by Crippen LogP contribution is 2.43. The van der Waals surface area contributed by atoms with Crippen molar-refractivity contribution in [2.45, 2.75) is 63.5 Å². The van der Waals surface area contributed by atoms with E-state index in [4.69, 9.17) is 5.73 Å². The van der Waals surface area contributed by atoms with Crippen molar-refractivity contribution in [1.82, 2.24) is 4.90 Å². The van der Waals surface area contributed by atoms with Crippen LogP contribution >= 0.6 is 12.4 Å². The monoisotopic (exact) mass is 380 g/mol. The van der Waals surface area contributed by atoms with E-state index >= 15 is 0 Å². The predicted octanol–water partition coefficient (Wildman–Crippen LogP) is 4.11. The number of hydrogen-bond donors (Lipinski definition) is 1. The Morgan fingerprint density at radius 2 is 1.73 bits per heavy atom. The van der Waals surface area contributed by atoms with E-state index in [-0.39, 0.29) is 30.2 Å². The lowest BCUT2D eigenvalue weighted by Crippen LogP contribution is -2.50. The van der Waals surface area contributed by atoms with E-state index in [1.807, 2.05) is 12.1 Å². The molecule has 1 heterocycles.